The van der Waals surface area contributed by atoms with Crippen molar-refractivity contribution >= 4 is 17.3 Å². The van der Waals surface area contributed by atoms with Gasteiger partial charge in [0.2, 0.25) is 0 Å². The fraction of sp³-hybridized carbons (Fsp3) is 0.133. The number of hydrogen-bond acceptors (Lipinski definition) is 4. The largest absolute Gasteiger partial charge is 0.397 e. The van der Waals surface area contributed by atoms with E-state index in [0.29, 0.717) is 22.1 Å². The van der Waals surface area contributed by atoms with E-state index < -0.39 is 0 Å². The molecule has 2 N–H and O–H groups in total. The Labute approximate surface area is 127 Å². The molecular formula is C15H14ClN5. The SMILES string of the molecule is Cc1ccc(-n2nnnc2-c2cccc(Cl)c2N)c(C)c1. The van der Waals surface area contributed by atoms with E-state index in [1.807, 2.05) is 38.1 Å². The molecule has 0 aliphatic rings. The first kappa shape index (κ1) is 13.6. The zero-order valence-corrected chi connectivity index (χ0v) is 12.5. The Kier molecular flexibility index (Phi) is 3.35. The molecule has 0 aliphatic heterocycles. The summed E-state index contributed by atoms with van der Waals surface area (Å²) >= 11 is 6.08. The Morgan fingerprint density at radius 2 is 1.95 bits per heavy atom. The number of nitrogens with zero attached hydrogens (tertiary/aromatic N) is 4. The summed E-state index contributed by atoms with van der Waals surface area (Å²) in [7, 11) is 0. The Balaban J connectivity index is 2.20. The Morgan fingerprint density at radius 1 is 1.14 bits per heavy atom. The summed E-state index contributed by atoms with van der Waals surface area (Å²) in [6.07, 6.45) is 0. The topological polar surface area (TPSA) is 69.6 Å². The van der Waals surface area contributed by atoms with Crippen molar-refractivity contribution in [1.29, 1.82) is 0 Å². The Morgan fingerprint density at radius 3 is 2.71 bits per heavy atom. The van der Waals surface area contributed by atoms with E-state index in [-0.39, 0.29) is 0 Å². The van der Waals surface area contributed by atoms with Gasteiger partial charge in [0.25, 0.3) is 0 Å². The minimum Gasteiger partial charge on any atom is -0.397 e. The van der Waals surface area contributed by atoms with Gasteiger partial charge in [0.1, 0.15) is 0 Å². The van der Waals surface area contributed by atoms with Crippen LogP contribution in [0.25, 0.3) is 17.1 Å². The number of benzene rings is 2. The maximum atomic E-state index is 6.08. The molecule has 3 rings (SSSR count). The lowest BCUT2D eigenvalue weighted by Crippen LogP contribution is -2.04. The summed E-state index contributed by atoms with van der Waals surface area (Å²) in [4.78, 5) is 0. The van der Waals surface area contributed by atoms with Crippen molar-refractivity contribution in [3.05, 3.63) is 52.5 Å². The fourth-order valence-electron chi connectivity index (χ4n) is 2.29. The van der Waals surface area contributed by atoms with Crippen LogP contribution in [0.3, 0.4) is 0 Å². The summed E-state index contributed by atoms with van der Waals surface area (Å²) < 4.78 is 1.68. The van der Waals surface area contributed by atoms with Gasteiger partial charge in [0.05, 0.1) is 16.4 Å². The summed E-state index contributed by atoms with van der Waals surface area (Å²) in [6, 6.07) is 11.5. The number of nitrogen functional groups attached to an aromatic ring is 1. The van der Waals surface area contributed by atoms with Gasteiger partial charge in [-0.15, -0.1) is 5.10 Å². The highest BCUT2D eigenvalue weighted by atomic mass is 35.5. The summed E-state index contributed by atoms with van der Waals surface area (Å²) in [5.41, 5.74) is 10.4. The number of anilines is 1. The molecule has 0 saturated heterocycles. The van der Waals surface area contributed by atoms with Crippen LogP contribution in [0.15, 0.2) is 36.4 Å². The molecule has 0 spiro atoms. The fourth-order valence-corrected chi connectivity index (χ4v) is 2.47. The van der Waals surface area contributed by atoms with E-state index in [0.717, 1.165) is 11.3 Å². The highest BCUT2D eigenvalue weighted by Crippen LogP contribution is 2.31. The lowest BCUT2D eigenvalue weighted by Gasteiger charge is -2.10. The molecular weight excluding hydrogens is 286 g/mol. The van der Waals surface area contributed by atoms with Crippen molar-refractivity contribution in [2.24, 2.45) is 0 Å². The van der Waals surface area contributed by atoms with E-state index in [1.54, 1.807) is 10.7 Å². The molecule has 3 aromatic rings. The molecule has 5 nitrogen and oxygen atoms in total. The zero-order valence-electron chi connectivity index (χ0n) is 11.7. The van der Waals surface area contributed by atoms with Gasteiger partial charge >= 0.3 is 0 Å². The van der Waals surface area contributed by atoms with E-state index >= 15 is 0 Å². The van der Waals surface area contributed by atoms with Crippen LogP contribution in [-0.2, 0) is 0 Å². The molecule has 106 valence electrons. The number of halogens is 1. The molecule has 0 amide bonds. The van der Waals surface area contributed by atoms with E-state index in [4.69, 9.17) is 17.3 Å². The predicted octanol–water partition coefficient (Wildman–Crippen LogP) is 3.18. The van der Waals surface area contributed by atoms with Crippen molar-refractivity contribution in [2.45, 2.75) is 13.8 Å². The molecule has 0 fully saturated rings. The Bertz CT molecular complexity index is 810. The van der Waals surface area contributed by atoms with Crippen molar-refractivity contribution in [3.63, 3.8) is 0 Å². The number of para-hydroxylation sites is 1. The van der Waals surface area contributed by atoms with Crippen LogP contribution < -0.4 is 5.73 Å². The molecule has 6 heteroatoms. The van der Waals surface area contributed by atoms with Crippen LogP contribution in [0.4, 0.5) is 5.69 Å². The maximum absolute atomic E-state index is 6.08. The van der Waals surface area contributed by atoms with Crippen molar-refractivity contribution in [3.8, 4) is 17.1 Å². The van der Waals surface area contributed by atoms with Gasteiger partial charge in [-0.1, -0.05) is 35.4 Å². The van der Waals surface area contributed by atoms with Gasteiger partial charge in [0, 0.05) is 5.56 Å². The van der Waals surface area contributed by atoms with Crippen LogP contribution in [0.2, 0.25) is 5.02 Å². The third kappa shape index (κ3) is 2.36. The number of aryl methyl sites for hydroxylation is 2. The molecule has 1 aromatic heterocycles. The first-order chi connectivity index (χ1) is 10.1. The quantitative estimate of drug-likeness (QED) is 0.738. The highest BCUT2D eigenvalue weighted by Gasteiger charge is 2.16. The summed E-state index contributed by atoms with van der Waals surface area (Å²) in [5, 5.41) is 12.4. The molecule has 0 unspecified atom stereocenters. The molecule has 0 aliphatic carbocycles. The van der Waals surface area contributed by atoms with Gasteiger partial charge in [-0.25, -0.2) is 0 Å². The van der Waals surface area contributed by atoms with Crippen molar-refractivity contribution < 1.29 is 0 Å². The van der Waals surface area contributed by atoms with Crippen LogP contribution in [0, 0.1) is 13.8 Å². The monoisotopic (exact) mass is 299 g/mol. The third-order valence-electron chi connectivity index (χ3n) is 3.34. The second kappa shape index (κ2) is 5.18. The minimum atomic E-state index is 0.472. The number of tetrazole rings is 1. The van der Waals surface area contributed by atoms with Crippen molar-refractivity contribution in [2.75, 3.05) is 5.73 Å². The number of nitrogens with two attached hydrogens (primary N) is 1. The lowest BCUT2D eigenvalue weighted by molar-refractivity contribution is 0.787. The van der Waals surface area contributed by atoms with E-state index in [1.165, 1.54) is 5.56 Å². The maximum Gasteiger partial charge on any atom is 0.189 e. The predicted molar refractivity (Wildman–Crippen MR) is 83.5 cm³/mol. The Hall–Kier alpha value is -2.40. The lowest BCUT2D eigenvalue weighted by atomic mass is 10.1. The smallest absolute Gasteiger partial charge is 0.189 e. The van der Waals surface area contributed by atoms with Gasteiger partial charge in [-0.3, -0.25) is 0 Å². The second-order valence-corrected chi connectivity index (χ2v) is 5.31. The molecule has 0 atom stereocenters. The van der Waals surface area contributed by atoms with Crippen LogP contribution in [0.5, 0.6) is 0 Å². The van der Waals surface area contributed by atoms with E-state index in [9.17, 15) is 0 Å². The third-order valence-corrected chi connectivity index (χ3v) is 3.67. The molecule has 0 radical (unpaired) electrons. The van der Waals surface area contributed by atoms with Crippen LogP contribution in [-0.4, -0.2) is 20.2 Å². The average molecular weight is 300 g/mol. The van der Waals surface area contributed by atoms with Crippen LogP contribution in [0.1, 0.15) is 11.1 Å². The molecule has 21 heavy (non-hydrogen) atoms. The van der Waals surface area contributed by atoms with Crippen LogP contribution >= 0.6 is 11.6 Å². The number of rotatable bonds is 2. The second-order valence-electron chi connectivity index (χ2n) is 4.91. The van der Waals surface area contributed by atoms with Gasteiger partial charge in [-0.05, 0) is 48.0 Å². The van der Waals surface area contributed by atoms with Crippen molar-refractivity contribution in [1.82, 2.24) is 20.2 Å². The summed E-state index contributed by atoms with van der Waals surface area (Å²) in [5.74, 6) is 0.571. The molecule has 1 heterocycles. The molecule has 2 aromatic carbocycles. The van der Waals surface area contributed by atoms with Gasteiger partial charge in [-0.2, -0.15) is 4.68 Å². The average Bonchev–Trinajstić information content (AvgIpc) is 2.91. The number of hydrogen-bond donors (Lipinski definition) is 1. The molecule has 0 bridgehead atoms. The number of aromatic nitrogens is 4. The normalized spacial score (nSPS) is 10.8. The first-order valence-electron chi connectivity index (χ1n) is 6.48. The molecule has 0 saturated carbocycles. The standard InChI is InChI=1S/C15H14ClN5/c1-9-6-7-13(10(2)8-9)21-15(18-19-20-21)11-4-3-5-12(16)14(11)17/h3-8H,17H2,1-2H3. The zero-order chi connectivity index (χ0) is 15.0. The van der Waals surface area contributed by atoms with Gasteiger partial charge < -0.3 is 5.73 Å². The summed E-state index contributed by atoms with van der Waals surface area (Å²) in [6.45, 7) is 4.07. The minimum absolute atomic E-state index is 0.472. The first-order valence-corrected chi connectivity index (χ1v) is 6.86. The van der Waals surface area contributed by atoms with E-state index in [2.05, 4.69) is 21.6 Å². The highest BCUT2D eigenvalue weighted by molar-refractivity contribution is 6.33. The van der Waals surface area contributed by atoms with Gasteiger partial charge in [0.15, 0.2) is 5.82 Å².